The zero-order valence-electron chi connectivity index (χ0n) is 21.5. The molecule has 2 rings (SSSR count). The monoisotopic (exact) mass is 589 g/mol. The summed E-state index contributed by atoms with van der Waals surface area (Å²) < 4.78 is 26.1. The minimum atomic E-state index is -3.59. The molecule has 0 spiro atoms. The van der Waals surface area contributed by atoms with Gasteiger partial charge in [0, 0.05) is 46.7 Å². The highest BCUT2D eigenvalue weighted by Gasteiger charge is 2.30. The minimum Gasteiger partial charge on any atom is -0.354 e. The Labute approximate surface area is 235 Å². The van der Waals surface area contributed by atoms with Crippen LogP contribution < -0.4 is 9.62 Å². The molecular formula is C26H34Cl3N3O4S. The number of halogens is 3. The van der Waals surface area contributed by atoms with E-state index >= 15 is 0 Å². The fourth-order valence-electron chi connectivity index (χ4n) is 3.81. The highest BCUT2D eigenvalue weighted by Crippen LogP contribution is 2.28. The number of benzene rings is 2. The van der Waals surface area contributed by atoms with Crippen molar-refractivity contribution in [2.75, 3.05) is 23.7 Å². The van der Waals surface area contributed by atoms with E-state index in [0.717, 1.165) is 6.26 Å². The van der Waals surface area contributed by atoms with Gasteiger partial charge in [-0.3, -0.25) is 13.9 Å². The third-order valence-electron chi connectivity index (χ3n) is 5.73. The van der Waals surface area contributed by atoms with E-state index in [-0.39, 0.29) is 43.7 Å². The Morgan fingerprint density at radius 1 is 1.00 bits per heavy atom. The van der Waals surface area contributed by atoms with Crippen molar-refractivity contribution in [3.8, 4) is 0 Å². The van der Waals surface area contributed by atoms with Crippen LogP contribution in [0.2, 0.25) is 15.1 Å². The zero-order chi connectivity index (χ0) is 27.8. The first-order valence-corrected chi connectivity index (χ1v) is 15.1. The molecule has 2 aromatic rings. The van der Waals surface area contributed by atoms with Gasteiger partial charge in [0.25, 0.3) is 0 Å². The van der Waals surface area contributed by atoms with Crippen LogP contribution >= 0.6 is 34.8 Å². The third kappa shape index (κ3) is 9.36. The summed E-state index contributed by atoms with van der Waals surface area (Å²) in [7, 11) is -3.59. The van der Waals surface area contributed by atoms with Crippen molar-refractivity contribution in [3.63, 3.8) is 0 Å². The number of carbonyl (C=O) groups is 2. The topological polar surface area (TPSA) is 86.8 Å². The number of hydrogen-bond acceptors (Lipinski definition) is 4. The van der Waals surface area contributed by atoms with E-state index in [1.54, 1.807) is 42.5 Å². The van der Waals surface area contributed by atoms with Gasteiger partial charge in [0.05, 0.1) is 11.9 Å². The lowest BCUT2D eigenvalue weighted by Gasteiger charge is -2.32. The molecule has 1 atom stereocenters. The highest BCUT2D eigenvalue weighted by molar-refractivity contribution is 7.92. The molecule has 2 amide bonds. The van der Waals surface area contributed by atoms with Crippen molar-refractivity contribution in [1.82, 2.24) is 10.2 Å². The Morgan fingerprint density at radius 3 is 2.11 bits per heavy atom. The van der Waals surface area contributed by atoms with E-state index in [4.69, 9.17) is 34.8 Å². The lowest BCUT2D eigenvalue weighted by atomic mass is 10.1. The number of sulfonamides is 1. The van der Waals surface area contributed by atoms with Crippen LogP contribution in [0.4, 0.5) is 5.69 Å². The molecule has 2 aromatic carbocycles. The van der Waals surface area contributed by atoms with Crippen LogP contribution in [0.5, 0.6) is 0 Å². The molecule has 0 aliphatic rings. The molecule has 0 unspecified atom stereocenters. The van der Waals surface area contributed by atoms with Gasteiger partial charge in [-0.15, -0.1) is 0 Å². The average molecular weight is 591 g/mol. The molecule has 0 radical (unpaired) electrons. The Bertz CT molecular complexity index is 1150. The number of anilines is 1. The molecule has 7 nitrogen and oxygen atoms in total. The summed E-state index contributed by atoms with van der Waals surface area (Å²) in [5.41, 5.74) is 1.01. The third-order valence-corrected chi connectivity index (χ3v) is 7.88. The number of rotatable bonds is 13. The first kappa shape index (κ1) is 31.2. The first-order chi connectivity index (χ1) is 17.3. The van der Waals surface area contributed by atoms with Crippen LogP contribution in [0.1, 0.15) is 45.6 Å². The van der Waals surface area contributed by atoms with Crippen molar-refractivity contribution in [2.45, 2.75) is 52.6 Å². The Morgan fingerprint density at radius 2 is 1.59 bits per heavy atom. The molecule has 0 heterocycles. The van der Waals surface area contributed by atoms with Crippen LogP contribution in [0.3, 0.4) is 0 Å². The molecule has 37 heavy (non-hydrogen) atoms. The summed E-state index contributed by atoms with van der Waals surface area (Å²) in [5.74, 6) is -0.308. The van der Waals surface area contributed by atoms with E-state index in [2.05, 4.69) is 5.32 Å². The van der Waals surface area contributed by atoms with E-state index in [0.29, 0.717) is 39.3 Å². The van der Waals surface area contributed by atoms with E-state index in [1.807, 2.05) is 20.8 Å². The molecule has 1 N–H and O–H groups in total. The van der Waals surface area contributed by atoms with Crippen molar-refractivity contribution in [1.29, 1.82) is 0 Å². The Hall–Kier alpha value is -2.00. The summed E-state index contributed by atoms with van der Waals surface area (Å²) in [5, 5.41) is 4.19. The Balaban J connectivity index is 2.26. The van der Waals surface area contributed by atoms with E-state index in [9.17, 15) is 18.0 Å². The largest absolute Gasteiger partial charge is 0.354 e. The molecule has 0 saturated heterocycles. The number of carbonyl (C=O) groups excluding carboxylic acids is 2. The van der Waals surface area contributed by atoms with Gasteiger partial charge in [-0.1, -0.05) is 61.6 Å². The van der Waals surface area contributed by atoms with Crippen molar-refractivity contribution in [3.05, 3.63) is 63.1 Å². The molecular weight excluding hydrogens is 557 g/mol. The summed E-state index contributed by atoms with van der Waals surface area (Å²) in [6, 6.07) is 10.8. The number of nitrogens with zero attached hydrogens (tertiary/aromatic N) is 2. The summed E-state index contributed by atoms with van der Waals surface area (Å²) in [6.07, 6.45) is 1.76. The quantitative estimate of drug-likeness (QED) is 0.321. The maximum Gasteiger partial charge on any atom is 0.242 e. The molecule has 0 saturated carbocycles. The second kappa shape index (κ2) is 14.2. The Kier molecular flexibility index (Phi) is 12.0. The summed E-state index contributed by atoms with van der Waals surface area (Å²) in [4.78, 5) is 28.0. The van der Waals surface area contributed by atoms with Gasteiger partial charge in [0.1, 0.15) is 6.04 Å². The number of nitrogens with one attached hydrogen (secondary N) is 1. The number of hydrogen-bond donors (Lipinski definition) is 1. The predicted octanol–water partition coefficient (Wildman–Crippen LogP) is 5.77. The number of amides is 2. The van der Waals surface area contributed by atoms with Gasteiger partial charge in [0.15, 0.2) is 0 Å². The zero-order valence-corrected chi connectivity index (χ0v) is 24.6. The fraction of sp³-hybridized carbons (Fsp3) is 0.462. The lowest BCUT2D eigenvalue weighted by molar-refractivity contribution is -0.141. The molecule has 11 heteroatoms. The summed E-state index contributed by atoms with van der Waals surface area (Å²) in [6.45, 7) is 6.43. The normalized spacial score (nSPS) is 12.3. The van der Waals surface area contributed by atoms with Crippen molar-refractivity contribution in [2.24, 2.45) is 5.92 Å². The maximum absolute atomic E-state index is 13.5. The van der Waals surface area contributed by atoms with Crippen molar-refractivity contribution < 1.29 is 18.0 Å². The fourth-order valence-corrected chi connectivity index (χ4v) is 5.42. The first-order valence-electron chi connectivity index (χ1n) is 12.1. The standard InChI is InChI=1S/C26H34Cl3N3O4S/c1-5-24(26(34)30-16-18(2)3)31(17-21-22(28)8-6-9-23(21)29)25(33)10-7-15-32(37(4,35)36)20-13-11-19(27)12-14-20/h6,8-9,11-14,18,24H,5,7,10,15-17H2,1-4H3,(H,30,34)/t24-/m0/s1. The van der Waals surface area contributed by atoms with Crippen LogP contribution in [0, 0.1) is 5.92 Å². The molecule has 0 aliphatic heterocycles. The predicted molar refractivity (Wildman–Crippen MR) is 152 cm³/mol. The van der Waals surface area contributed by atoms with Crippen LogP contribution in [0.25, 0.3) is 0 Å². The molecule has 0 aliphatic carbocycles. The van der Waals surface area contributed by atoms with Crippen LogP contribution in [-0.4, -0.2) is 50.5 Å². The van der Waals surface area contributed by atoms with Gasteiger partial charge < -0.3 is 10.2 Å². The van der Waals surface area contributed by atoms with Crippen LogP contribution in [0.15, 0.2) is 42.5 Å². The lowest BCUT2D eigenvalue weighted by Crippen LogP contribution is -2.49. The van der Waals surface area contributed by atoms with Gasteiger partial charge in [0.2, 0.25) is 21.8 Å². The van der Waals surface area contributed by atoms with E-state index in [1.165, 1.54) is 9.21 Å². The van der Waals surface area contributed by atoms with Gasteiger partial charge in [-0.2, -0.15) is 0 Å². The maximum atomic E-state index is 13.5. The average Bonchev–Trinajstić information content (AvgIpc) is 2.82. The second-order valence-corrected chi connectivity index (χ2v) is 12.4. The van der Waals surface area contributed by atoms with Crippen molar-refractivity contribution >= 4 is 62.3 Å². The van der Waals surface area contributed by atoms with E-state index < -0.39 is 16.1 Å². The molecule has 0 aromatic heterocycles. The second-order valence-electron chi connectivity index (χ2n) is 9.20. The minimum absolute atomic E-state index is 0.0235. The van der Waals surface area contributed by atoms with Gasteiger partial charge >= 0.3 is 0 Å². The smallest absolute Gasteiger partial charge is 0.242 e. The van der Waals surface area contributed by atoms with Gasteiger partial charge in [-0.05, 0) is 55.2 Å². The molecule has 0 fully saturated rings. The highest BCUT2D eigenvalue weighted by atomic mass is 35.5. The molecule has 204 valence electrons. The summed E-state index contributed by atoms with van der Waals surface area (Å²) >= 11 is 18.7. The molecule has 0 bridgehead atoms. The van der Waals surface area contributed by atoms with Crippen LogP contribution in [-0.2, 0) is 26.2 Å². The SMILES string of the molecule is CC[C@@H](C(=O)NCC(C)C)N(Cc1c(Cl)cccc1Cl)C(=O)CCCN(c1ccc(Cl)cc1)S(C)(=O)=O. The van der Waals surface area contributed by atoms with Gasteiger partial charge in [-0.25, -0.2) is 8.42 Å².